The number of aliphatic carboxylic acids is 1. The summed E-state index contributed by atoms with van der Waals surface area (Å²) in [6, 6.07) is -1.15. The third-order valence-corrected chi connectivity index (χ3v) is 12.0. The van der Waals surface area contributed by atoms with Gasteiger partial charge in [-0.3, -0.25) is 9.59 Å². The molecule has 2 bridgehead atoms. The summed E-state index contributed by atoms with van der Waals surface area (Å²) in [4.78, 5) is 25.1. The highest BCUT2D eigenvalue weighted by molar-refractivity contribution is 5.71. The zero-order valence-electron chi connectivity index (χ0n) is 37.6. The lowest BCUT2D eigenvalue weighted by Crippen LogP contribution is -2.61. The Balaban J connectivity index is 1.86. The molecule has 0 unspecified atom stereocenters. The Morgan fingerprint density at radius 3 is 1.82 bits per heavy atom. The van der Waals surface area contributed by atoms with Crippen molar-refractivity contribution in [3.05, 3.63) is 85.1 Å². The molecule has 0 aromatic heterocycles. The average molecular weight is 924 g/mol. The van der Waals surface area contributed by atoms with Gasteiger partial charge in [0.15, 0.2) is 12.1 Å². The third kappa shape index (κ3) is 18.6. The number of allylic oxidation sites excluding steroid dienone is 12. The Hall–Kier alpha value is -3.44. The molecule has 13 N–H and O–H groups in total. The van der Waals surface area contributed by atoms with Gasteiger partial charge in [-0.25, -0.2) is 0 Å². The fraction of sp³-hybridized carbons (Fsp3) is 0.660. The van der Waals surface area contributed by atoms with Crippen LogP contribution in [-0.2, 0) is 28.5 Å². The monoisotopic (exact) mass is 923 g/mol. The summed E-state index contributed by atoms with van der Waals surface area (Å²) in [5, 5.41) is 118. The second-order valence-corrected chi connectivity index (χ2v) is 17.6. The van der Waals surface area contributed by atoms with Gasteiger partial charge < -0.3 is 80.9 Å². The number of carboxylic acids is 1. The summed E-state index contributed by atoms with van der Waals surface area (Å²) in [5.41, 5.74) is 6.02. The van der Waals surface area contributed by atoms with E-state index in [4.69, 9.17) is 24.7 Å². The van der Waals surface area contributed by atoms with Crippen molar-refractivity contribution in [1.29, 1.82) is 0 Å². The molecule has 18 heteroatoms. The van der Waals surface area contributed by atoms with Gasteiger partial charge in [0, 0.05) is 37.5 Å². The van der Waals surface area contributed by atoms with E-state index in [-0.39, 0.29) is 31.6 Å². The summed E-state index contributed by atoms with van der Waals surface area (Å²) in [5.74, 6) is -6.83. The summed E-state index contributed by atoms with van der Waals surface area (Å²) in [6.45, 7) is 6.74. The van der Waals surface area contributed by atoms with Crippen molar-refractivity contribution in [2.75, 3.05) is 0 Å². The minimum absolute atomic E-state index is 0.107. The van der Waals surface area contributed by atoms with Gasteiger partial charge in [-0.05, 0) is 33.1 Å². The third-order valence-electron chi connectivity index (χ3n) is 12.0. The van der Waals surface area contributed by atoms with Crippen LogP contribution in [-0.4, -0.2) is 166 Å². The fourth-order valence-corrected chi connectivity index (χ4v) is 7.97. The lowest BCUT2D eigenvalue weighted by Gasteiger charge is -2.45. The average Bonchev–Trinajstić information content (AvgIpc) is 3.21. The van der Waals surface area contributed by atoms with Gasteiger partial charge in [0.2, 0.25) is 0 Å². The minimum atomic E-state index is -2.33. The molecule has 18 nitrogen and oxygen atoms in total. The van der Waals surface area contributed by atoms with Crippen molar-refractivity contribution in [3.8, 4) is 0 Å². The molecule has 0 aliphatic carbocycles. The van der Waals surface area contributed by atoms with Crippen molar-refractivity contribution in [1.82, 2.24) is 0 Å². The van der Waals surface area contributed by atoms with Gasteiger partial charge in [-0.1, -0.05) is 98.9 Å². The number of rotatable bonds is 3. The highest BCUT2D eigenvalue weighted by Gasteiger charge is 2.51. The van der Waals surface area contributed by atoms with Crippen LogP contribution < -0.4 is 5.73 Å². The van der Waals surface area contributed by atoms with Gasteiger partial charge >= 0.3 is 11.9 Å². The molecule has 3 aliphatic rings. The molecule has 2 saturated heterocycles. The number of aliphatic hydroxyl groups excluding tert-OH is 9. The summed E-state index contributed by atoms with van der Waals surface area (Å²) in [7, 11) is 0. The van der Waals surface area contributed by atoms with E-state index in [1.165, 1.54) is 13.0 Å². The molecule has 0 spiro atoms. The highest BCUT2D eigenvalue weighted by atomic mass is 16.7. The predicted octanol–water partition coefficient (Wildman–Crippen LogP) is 0.712. The smallest absolute Gasteiger partial charge is 0.311 e. The second kappa shape index (κ2) is 27.4. The SMILES string of the molecule is C[C@@H]1[C@H](O)[C@@H](C)/C=C/C=C\C=C\C=C\C=C\C=C\C=C/[C@H](O[C@H]2O[C@@H](C)[C@H](O)[C@@H](N)[C@H]2O)C[C@H]2O[C@](O)(C[C@H](O)C[C@H](O)[C@@H](O)CC[C@H](O)C[C@H](O)CC(=O)O[C@H]1C)C[C@H](O)[C@H]2C(=O)O. The van der Waals surface area contributed by atoms with Crippen LogP contribution in [0, 0.1) is 17.8 Å². The largest absolute Gasteiger partial charge is 0.481 e. The van der Waals surface area contributed by atoms with Crippen molar-refractivity contribution < 1.29 is 84.7 Å². The number of hydrogen-bond acceptors (Lipinski definition) is 17. The van der Waals surface area contributed by atoms with Gasteiger partial charge in [0.05, 0.1) is 79.6 Å². The first-order chi connectivity index (χ1) is 30.6. The summed E-state index contributed by atoms with van der Waals surface area (Å²) in [6.07, 6.45) is 3.46. The number of aliphatic hydroxyl groups is 10. The second-order valence-electron chi connectivity index (χ2n) is 17.6. The van der Waals surface area contributed by atoms with Crippen LogP contribution in [0.3, 0.4) is 0 Å². The first-order valence-corrected chi connectivity index (χ1v) is 22.3. The number of nitrogens with two attached hydrogens (primary N) is 1. The van der Waals surface area contributed by atoms with Crippen LogP contribution in [0.2, 0.25) is 0 Å². The summed E-state index contributed by atoms with van der Waals surface area (Å²) >= 11 is 0. The normalized spacial score (nSPS) is 45.5. The molecule has 0 radical (unpaired) electrons. The Morgan fingerprint density at radius 2 is 1.23 bits per heavy atom. The minimum Gasteiger partial charge on any atom is -0.481 e. The molecule has 19 atom stereocenters. The molecule has 368 valence electrons. The molecule has 0 aromatic rings. The first kappa shape index (κ1) is 55.9. The lowest BCUT2D eigenvalue weighted by molar-refractivity contribution is -0.308. The van der Waals surface area contributed by atoms with E-state index in [0.717, 1.165) is 0 Å². The first-order valence-electron chi connectivity index (χ1n) is 22.3. The van der Waals surface area contributed by atoms with E-state index in [1.807, 2.05) is 19.1 Å². The summed E-state index contributed by atoms with van der Waals surface area (Å²) < 4.78 is 23.1. The van der Waals surface area contributed by atoms with Crippen LogP contribution >= 0.6 is 0 Å². The zero-order valence-corrected chi connectivity index (χ0v) is 37.6. The number of hydrogen-bond donors (Lipinski definition) is 12. The number of carbonyl (C=O) groups is 2. The van der Waals surface area contributed by atoms with E-state index < -0.39 is 147 Å². The predicted molar refractivity (Wildman–Crippen MR) is 237 cm³/mol. The highest BCUT2D eigenvalue weighted by Crippen LogP contribution is 2.38. The van der Waals surface area contributed by atoms with Crippen molar-refractivity contribution in [3.63, 3.8) is 0 Å². The molecular weight excluding hydrogens is 851 g/mol. The molecule has 65 heavy (non-hydrogen) atoms. The van der Waals surface area contributed by atoms with E-state index in [2.05, 4.69) is 0 Å². The Labute approximate surface area is 381 Å². The number of fused-ring (bicyclic) bond motifs is 2. The fourth-order valence-electron chi connectivity index (χ4n) is 7.97. The zero-order chi connectivity index (χ0) is 48.4. The lowest BCUT2D eigenvalue weighted by atomic mass is 9.82. The van der Waals surface area contributed by atoms with Crippen LogP contribution in [0.5, 0.6) is 0 Å². The molecule has 3 heterocycles. The van der Waals surface area contributed by atoms with Crippen molar-refractivity contribution in [2.24, 2.45) is 23.5 Å². The van der Waals surface area contributed by atoms with Gasteiger partial charge in [0.25, 0.3) is 0 Å². The molecular formula is C47H73NO17. The number of carbonyl (C=O) groups excluding carboxylic acids is 1. The maximum Gasteiger partial charge on any atom is 0.311 e. The number of carboxylic acid groups (broad SMARTS) is 1. The molecule has 3 aliphatic heterocycles. The molecule has 0 saturated carbocycles. The number of cyclic esters (lactones) is 1. The van der Waals surface area contributed by atoms with Gasteiger partial charge in [0.1, 0.15) is 18.1 Å². The Bertz CT molecular complexity index is 1670. The number of ether oxygens (including phenoxy) is 4. The topological polar surface area (TPSA) is 320 Å². The van der Waals surface area contributed by atoms with Crippen LogP contribution in [0.15, 0.2) is 85.1 Å². The quantitative estimate of drug-likeness (QED) is 0.174. The Kier molecular flexibility index (Phi) is 23.6. The van der Waals surface area contributed by atoms with Crippen molar-refractivity contribution >= 4 is 11.9 Å². The van der Waals surface area contributed by atoms with E-state index in [0.29, 0.717) is 0 Å². The molecule has 0 amide bonds. The molecule has 2 fully saturated rings. The maximum absolute atomic E-state index is 12.6. The van der Waals surface area contributed by atoms with Crippen LogP contribution in [0.1, 0.15) is 79.1 Å². The maximum atomic E-state index is 12.6. The Morgan fingerprint density at radius 1 is 0.662 bits per heavy atom. The van der Waals surface area contributed by atoms with E-state index in [1.54, 1.807) is 80.7 Å². The van der Waals surface area contributed by atoms with E-state index >= 15 is 0 Å². The standard InChI is InChI=1S/C47H73NO17/c1-27-17-15-13-11-9-7-5-6-8-10-12-14-16-18-34(64-46-44(58)41(48)43(57)30(4)63-46)24-38-40(45(59)60)37(54)26-47(61,65-38)25-33(51)22-36(53)35(52)20-19-31(49)21-32(50)23-39(55)62-29(3)28(2)42(27)56/h5-18,27-38,40-44,46,49-54,56-58,61H,19-26,48H2,1-4H3,(H,59,60)/b6-5+,9-7+,10-8+,13-11-,14-12+,17-15+,18-16-/t27-,28-,29-,30-,31-,32-,33+,34-,35-,36-,37-,38+,40+,41+,42+,43-,44+,46+,47+/m0/s1. The number of esters is 1. The molecule has 3 rings (SSSR count). The van der Waals surface area contributed by atoms with Gasteiger partial charge in [-0.15, -0.1) is 0 Å². The van der Waals surface area contributed by atoms with Crippen molar-refractivity contribution in [2.45, 2.75) is 177 Å². The van der Waals surface area contributed by atoms with E-state index in [9.17, 15) is 65.8 Å². The molecule has 0 aromatic carbocycles. The van der Waals surface area contributed by atoms with Crippen LogP contribution in [0.25, 0.3) is 0 Å². The van der Waals surface area contributed by atoms with Crippen LogP contribution in [0.4, 0.5) is 0 Å². The van der Waals surface area contributed by atoms with Gasteiger partial charge in [-0.2, -0.15) is 0 Å².